The topological polar surface area (TPSA) is 82.3 Å². The SMILES string of the molecule is Cc1cccc2c(C[C@@H](C)NC(=O)CN3C(=O)[C@H]4CC[C@@](C)(C3=O)C4(C)C)c[nH]c12. The van der Waals surface area contributed by atoms with Crippen LogP contribution in [0.4, 0.5) is 0 Å². The summed E-state index contributed by atoms with van der Waals surface area (Å²) in [6.45, 7) is 9.76. The normalized spacial score (nSPS) is 26.3. The first kappa shape index (κ1) is 20.6. The van der Waals surface area contributed by atoms with Gasteiger partial charge in [0, 0.05) is 29.1 Å². The molecule has 2 bridgehead atoms. The quantitative estimate of drug-likeness (QED) is 0.743. The Kier molecular flexibility index (Phi) is 4.79. The minimum absolute atomic E-state index is 0.115. The van der Waals surface area contributed by atoms with Crippen molar-refractivity contribution in [2.75, 3.05) is 6.54 Å². The largest absolute Gasteiger partial charge is 0.361 e. The van der Waals surface area contributed by atoms with Gasteiger partial charge >= 0.3 is 0 Å². The maximum atomic E-state index is 13.1. The van der Waals surface area contributed by atoms with Crippen LogP contribution in [0.1, 0.15) is 51.7 Å². The molecule has 2 aliphatic rings. The Morgan fingerprint density at radius 2 is 2.03 bits per heavy atom. The number of para-hydroxylation sites is 1. The van der Waals surface area contributed by atoms with E-state index >= 15 is 0 Å². The number of hydrogen-bond donors (Lipinski definition) is 2. The molecule has 1 saturated heterocycles. The molecule has 0 unspecified atom stereocenters. The fourth-order valence-electron chi connectivity index (χ4n) is 5.43. The van der Waals surface area contributed by atoms with Crippen molar-refractivity contribution < 1.29 is 14.4 Å². The Hall–Kier alpha value is -2.63. The number of carbonyl (C=O) groups excluding carboxylic acids is 3. The highest BCUT2D eigenvalue weighted by Gasteiger charge is 2.64. The molecule has 160 valence electrons. The van der Waals surface area contributed by atoms with Gasteiger partial charge in [-0.05, 0) is 49.7 Å². The van der Waals surface area contributed by atoms with E-state index in [0.717, 1.165) is 16.5 Å². The summed E-state index contributed by atoms with van der Waals surface area (Å²) in [7, 11) is 0. The molecule has 1 saturated carbocycles. The number of amides is 3. The van der Waals surface area contributed by atoms with Crippen molar-refractivity contribution >= 4 is 28.6 Å². The van der Waals surface area contributed by atoms with Gasteiger partial charge in [-0.1, -0.05) is 39.0 Å². The smallest absolute Gasteiger partial charge is 0.240 e. The molecule has 1 aliphatic heterocycles. The standard InChI is InChI=1S/C24H31N3O3/c1-14-7-6-8-17-16(12-25-20(14)17)11-15(2)26-19(28)13-27-21(29)18-9-10-24(5,22(27)30)23(18,3)4/h6-8,12,15,18,25H,9-11,13H2,1-5H3,(H,26,28)/t15-,18-,24+/m1/s1. The average molecular weight is 410 g/mol. The van der Waals surface area contributed by atoms with Crippen LogP contribution in [0.5, 0.6) is 0 Å². The third-order valence-electron chi connectivity index (χ3n) is 7.75. The minimum Gasteiger partial charge on any atom is -0.361 e. The van der Waals surface area contributed by atoms with E-state index in [9.17, 15) is 14.4 Å². The van der Waals surface area contributed by atoms with E-state index in [2.05, 4.69) is 29.4 Å². The Bertz CT molecular complexity index is 1040. The van der Waals surface area contributed by atoms with Gasteiger partial charge in [-0.3, -0.25) is 19.3 Å². The number of nitrogens with zero attached hydrogens (tertiary/aromatic N) is 1. The van der Waals surface area contributed by atoms with Crippen LogP contribution in [0, 0.1) is 23.7 Å². The third-order valence-corrected chi connectivity index (χ3v) is 7.75. The lowest BCUT2D eigenvalue weighted by Crippen LogP contribution is -2.60. The Labute approximate surface area is 177 Å². The number of aromatic amines is 1. The maximum Gasteiger partial charge on any atom is 0.240 e. The molecule has 0 spiro atoms. The number of likely N-dealkylation sites (tertiary alicyclic amines) is 1. The van der Waals surface area contributed by atoms with Gasteiger partial charge in [0.15, 0.2) is 0 Å². The van der Waals surface area contributed by atoms with Gasteiger partial charge < -0.3 is 10.3 Å². The molecule has 2 aromatic rings. The number of piperidine rings is 1. The number of rotatable bonds is 5. The van der Waals surface area contributed by atoms with E-state index in [-0.39, 0.29) is 41.6 Å². The van der Waals surface area contributed by atoms with Crippen molar-refractivity contribution in [1.82, 2.24) is 15.2 Å². The van der Waals surface area contributed by atoms with E-state index in [1.807, 2.05) is 40.0 Å². The molecule has 0 radical (unpaired) electrons. The highest BCUT2D eigenvalue weighted by atomic mass is 16.2. The van der Waals surface area contributed by atoms with E-state index in [0.29, 0.717) is 19.3 Å². The minimum atomic E-state index is -0.584. The number of nitrogens with one attached hydrogen (secondary N) is 2. The number of fused-ring (bicyclic) bond motifs is 3. The van der Waals surface area contributed by atoms with Gasteiger partial charge in [0.25, 0.3) is 0 Å². The maximum absolute atomic E-state index is 13.1. The fourth-order valence-corrected chi connectivity index (χ4v) is 5.43. The second-order valence-electron chi connectivity index (χ2n) is 9.86. The van der Waals surface area contributed by atoms with Crippen LogP contribution in [0.3, 0.4) is 0 Å². The summed E-state index contributed by atoms with van der Waals surface area (Å²) in [5, 5.41) is 4.13. The molecule has 6 nitrogen and oxygen atoms in total. The molecule has 6 heteroatoms. The molecule has 4 rings (SSSR count). The number of carbonyl (C=O) groups is 3. The molecular formula is C24H31N3O3. The van der Waals surface area contributed by atoms with Crippen LogP contribution >= 0.6 is 0 Å². The monoisotopic (exact) mass is 409 g/mol. The summed E-state index contributed by atoms with van der Waals surface area (Å²) in [5.41, 5.74) is 2.48. The highest BCUT2D eigenvalue weighted by Crippen LogP contribution is 2.59. The van der Waals surface area contributed by atoms with Crippen molar-refractivity contribution in [3.8, 4) is 0 Å². The predicted octanol–water partition coefficient (Wildman–Crippen LogP) is 3.33. The van der Waals surface area contributed by atoms with Crippen LogP contribution in [-0.2, 0) is 20.8 Å². The van der Waals surface area contributed by atoms with Crippen molar-refractivity contribution in [3.05, 3.63) is 35.5 Å². The number of imide groups is 1. The molecular weight excluding hydrogens is 378 g/mol. The zero-order chi connectivity index (χ0) is 21.8. The number of benzene rings is 1. The second kappa shape index (κ2) is 6.96. The summed E-state index contributed by atoms with van der Waals surface area (Å²) >= 11 is 0. The van der Waals surface area contributed by atoms with Crippen molar-refractivity contribution in [2.45, 2.75) is 59.9 Å². The van der Waals surface area contributed by atoms with Crippen LogP contribution < -0.4 is 5.32 Å². The Morgan fingerprint density at radius 3 is 2.77 bits per heavy atom. The Balaban J connectivity index is 1.43. The molecule has 30 heavy (non-hydrogen) atoms. The summed E-state index contributed by atoms with van der Waals surface area (Å²) in [5.74, 6) is -0.890. The number of aromatic nitrogens is 1. The lowest BCUT2D eigenvalue weighted by atomic mass is 9.62. The summed E-state index contributed by atoms with van der Waals surface area (Å²) in [6.07, 6.45) is 4.06. The fraction of sp³-hybridized carbons (Fsp3) is 0.542. The van der Waals surface area contributed by atoms with Crippen LogP contribution in [0.2, 0.25) is 0 Å². The van der Waals surface area contributed by atoms with Crippen molar-refractivity contribution in [1.29, 1.82) is 0 Å². The molecule has 2 heterocycles. The predicted molar refractivity (Wildman–Crippen MR) is 116 cm³/mol. The first-order valence-electron chi connectivity index (χ1n) is 10.8. The molecule has 1 aromatic carbocycles. The van der Waals surface area contributed by atoms with Crippen LogP contribution in [-0.4, -0.2) is 40.2 Å². The van der Waals surface area contributed by atoms with Gasteiger partial charge in [0.2, 0.25) is 17.7 Å². The van der Waals surface area contributed by atoms with Gasteiger partial charge in [0.1, 0.15) is 6.54 Å². The average Bonchev–Trinajstić information content (AvgIpc) is 3.15. The Morgan fingerprint density at radius 1 is 1.30 bits per heavy atom. The lowest BCUT2D eigenvalue weighted by molar-refractivity contribution is -0.169. The molecule has 2 N–H and O–H groups in total. The van der Waals surface area contributed by atoms with Crippen LogP contribution in [0.25, 0.3) is 10.9 Å². The van der Waals surface area contributed by atoms with E-state index in [1.165, 1.54) is 10.5 Å². The first-order chi connectivity index (χ1) is 14.1. The summed E-state index contributed by atoms with van der Waals surface area (Å²) in [6, 6.07) is 6.06. The molecule has 3 amide bonds. The zero-order valence-electron chi connectivity index (χ0n) is 18.5. The summed E-state index contributed by atoms with van der Waals surface area (Å²) in [4.78, 5) is 43.2. The number of aryl methyl sites for hydroxylation is 1. The van der Waals surface area contributed by atoms with Gasteiger partial charge in [-0.2, -0.15) is 0 Å². The van der Waals surface area contributed by atoms with Gasteiger partial charge in [-0.25, -0.2) is 0 Å². The van der Waals surface area contributed by atoms with Crippen LogP contribution in [0.15, 0.2) is 24.4 Å². The van der Waals surface area contributed by atoms with E-state index < -0.39 is 5.41 Å². The van der Waals surface area contributed by atoms with E-state index in [4.69, 9.17) is 0 Å². The summed E-state index contributed by atoms with van der Waals surface area (Å²) < 4.78 is 0. The molecule has 1 aliphatic carbocycles. The highest BCUT2D eigenvalue weighted by molar-refractivity contribution is 6.06. The number of H-pyrrole nitrogens is 1. The van der Waals surface area contributed by atoms with Crippen molar-refractivity contribution in [2.24, 2.45) is 16.7 Å². The van der Waals surface area contributed by atoms with E-state index in [1.54, 1.807) is 0 Å². The number of hydrogen-bond acceptors (Lipinski definition) is 3. The van der Waals surface area contributed by atoms with Gasteiger partial charge in [0.05, 0.1) is 5.41 Å². The lowest BCUT2D eigenvalue weighted by Gasteiger charge is -2.47. The second-order valence-corrected chi connectivity index (χ2v) is 9.86. The third kappa shape index (κ3) is 2.96. The van der Waals surface area contributed by atoms with Crippen molar-refractivity contribution in [3.63, 3.8) is 0 Å². The molecule has 1 aromatic heterocycles. The first-order valence-corrected chi connectivity index (χ1v) is 10.8. The van der Waals surface area contributed by atoms with Gasteiger partial charge in [-0.15, -0.1) is 0 Å². The molecule has 3 atom stereocenters. The molecule has 2 fully saturated rings. The zero-order valence-corrected chi connectivity index (χ0v) is 18.5.